The van der Waals surface area contributed by atoms with E-state index in [-0.39, 0.29) is 6.61 Å². The number of hydrogen-bond acceptors (Lipinski definition) is 4. The van der Waals surface area contributed by atoms with Gasteiger partial charge in [-0.3, -0.25) is 9.59 Å². The van der Waals surface area contributed by atoms with Crippen LogP contribution in [0.25, 0.3) is 21.5 Å². The lowest BCUT2D eigenvalue weighted by Gasteiger charge is -2.18. The fourth-order valence-corrected chi connectivity index (χ4v) is 4.09. The number of ether oxygens (including phenoxy) is 2. The molecule has 1 atom stereocenters. The molecule has 1 aliphatic heterocycles. The van der Waals surface area contributed by atoms with Crippen molar-refractivity contribution in [3.8, 4) is 0 Å². The monoisotopic (exact) mass is 388 g/mol. The first-order valence-corrected chi connectivity index (χ1v) is 10.1. The van der Waals surface area contributed by atoms with E-state index in [1.807, 2.05) is 0 Å². The highest BCUT2D eigenvalue weighted by Crippen LogP contribution is 2.33. The van der Waals surface area contributed by atoms with Crippen molar-refractivity contribution in [3.63, 3.8) is 0 Å². The summed E-state index contributed by atoms with van der Waals surface area (Å²) in [5.74, 6) is -1.97. The van der Waals surface area contributed by atoms with Crippen LogP contribution in [0.5, 0.6) is 0 Å². The SMILES string of the molecule is CCOC(=O)C1C=COC1=O.c1ccc2c(c1)ccc1c3c(ccc12)CCCC3. The second kappa shape index (κ2) is 8.48. The van der Waals surface area contributed by atoms with Crippen molar-refractivity contribution in [1.82, 2.24) is 0 Å². The van der Waals surface area contributed by atoms with Crippen molar-refractivity contribution >= 4 is 33.5 Å². The maximum Gasteiger partial charge on any atom is 0.329 e. The molecule has 0 N–H and O–H groups in total. The van der Waals surface area contributed by atoms with Crippen LogP contribution in [0.1, 0.15) is 30.9 Å². The fraction of sp³-hybridized carbons (Fsp3) is 0.280. The zero-order valence-electron chi connectivity index (χ0n) is 16.5. The van der Waals surface area contributed by atoms with Gasteiger partial charge in [-0.1, -0.05) is 48.5 Å². The van der Waals surface area contributed by atoms with E-state index >= 15 is 0 Å². The fourth-order valence-electron chi connectivity index (χ4n) is 4.09. The lowest BCUT2D eigenvalue weighted by atomic mass is 9.86. The van der Waals surface area contributed by atoms with Gasteiger partial charge in [-0.15, -0.1) is 0 Å². The Morgan fingerprint density at radius 2 is 1.79 bits per heavy atom. The second-order valence-electron chi connectivity index (χ2n) is 7.29. The molecule has 1 aliphatic carbocycles. The van der Waals surface area contributed by atoms with Crippen LogP contribution in [0.2, 0.25) is 0 Å². The van der Waals surface area contributed by atoms with Crippen LogP contribution in [0.3, 0.4) is 0 Å². The Labute approximate surface area is 170 Å². The number of cyclic esters (lactones) is 1. The highest BCUT2D eigenvalue weighted by Gasteiger charge is 2.30. The maximum atomic E-state index is 10.9. The molecule has 3 aromatic rings. The van der Waals surface area contributed by atoms with Crippen LogP contribution in [0, 0.1) is 5.92 Å². The lowest BCUT2D eigenvalue weighted by Crippen LogP contribution is -2.21. The predicted octanol–water partition coefficient (Wildman–Crippen LogP) is 5.11. The molecule has 0 radical (unpaired) electrons. The van der Waals surface area contributed by atoms with Gasteiger partial charge in [0.2, 0.25) is 0 Å². The molecule has 0 aromatic heterocycles. The Morgan fingerprint density at radius 3 is 2.59 bits per heavy atom. The molecule has 4 heteroatoms. The summed E-state index contributed by atoms with van der Waals surface area (Å²) in [5, 5.41) is 5.64. The van der Waals surface area contributed by atoms with Gasteiger partial charge >= 0.3 is 11.9 Å². The molecule has 0 spiro atoms. The van der Waals surface area contributed by atoms with Gasteiger partial charge in [-0.05, 0) is 71.4 Å². The molecular weight excluding hydrogens is 364 g/mol. The first-order chi connectivity index (χ1) is 14.2. The van der Waals surface area contributed by atoms with Gasteiger partial charge in [0.1, 0.15) is 0 Å². The van der Waals surface area contributed by atoms with E-state index in [2.05, 4.69) is 58.0 Å². The molecular formula is C25H24O4. The lowest BCUT2D eigenvalue weighted by molar-refractivity contribution is -0.154. The van der Waals surface area contributed by atoms with E-state index in [4.69, 9.17) is 0 Å². The van der Waals surface area contributed by atoms with Gasteiger partial charge in [0.05, 0.1) is 12.9 Å². The molecule has 0 bridgehead atoms. The number of fused-ring (bicyclic) bond motifs is 5. The summed E-state index contributed by atoms with van der Waals surface area (Å²) in [4.78, 5) is 21.6. The minimum Gasteiger partial charge on any atom is -0.465 e. The Morgan fingerprint density at radius 1 is 1.00 bits per heavy atom. The van der Waals surface area contributed by atoms with E-state index in [9.17, 15) is 9.59 Å². The minimum absolute atomic E-state index is 0.274. The average molecular weight is 388 g/mol. The van der Waals surface area contributed by atoms with E-state index in [0.29, 0.717) is 0 Å². The zero-order valence-corrected chi connectivity index (χ0v) is 16.5. The van der Waals surface area contributed by atoms with Crippen molar-refractivity contribution in [2.45, 2.75) is 32.6 Å². The van der Waals surface area contributed by atoms with Gasteiger partial charge in [0.25, 0.3) is 0 Å². The number of carbonyl (C=O) groups is 2. The minimum atomic E-state index is -0.852. The van der Waals surface area contributed by atoms with Crippen molar-refractivity contribution in [2.75, 3.05) is 6.61 Å². The molecule has 29 heavy (non-hydrogen) atoms. The summed E-state index contributed by atoms with van der Waals surface area (Å²) in [6.45, 7) is 1.96. The van der Waals surface area contributed by atoms with Gasteiger partial charge in [0.15, 0.2) is 5.92 Å². The summed E-state index contributed by atoms with van der Waals surface area (Å²) in [5.41, 5.74) is 3.17. The molecule has 3 aromatic carbocycles. The van der Waals surface area contributed by atoms with Crippen LogP contribution in [0.15, 0.2) is 60.9 Å². The predicted molar refractivity (Wildman–Crippen MR) is 113 cm³/mol. The van der Waals surface area contributed by atoms with E-state index in [1.165, 1.54) is 59.6 Å². The number of hydrogen-bond donors (Lipinski definition) is 0. The Kier molecular flexibility index (Phi) is 5.61. The normalized spacial score (nSPS) is 17.4. The number of carbonyl (C=O) groups excluding carboxylic acids is 2. The Bertz CT molecular complexity index is 1100. The maximum absolute atomic E-state index is 10.9. The molecule has 4 nitrogen and oxygen atoms in total. The van der Waals surface area contributed by atoms with Crippen LogP contribution >= 0.6 is 0 Å². The number of rotatable bonds is 2. The highest BCUT2D eigenvalue weighted by atomic mass is 16.6. The third kappa shape index (κ3) is 3.88. The largest absolute Gasteiger partial charge is 0.465 e. The third-order valence-corrected chi connectivity index (χ3v) is 5.51. The molecule has 0 saturated carbocycles. The third-order valence-electron chi connectivity index (χ3n) is 5.51. The second-order valence-corrected chi connectivity index (χ2v) is 7.29. The van der Waals surface area contributed by atoms with Crippen LogP contribution in [-0.2, 0) is 31.9 Å². The molecule has 2 aliphatic rings. The molecule has 0 amide bonds. The molecule has 1 unspecified atom stereocenters. The van der Waals surface area contributed by atoms with E-state index in [1.54, 1.807) is 18.1 Å². The van der Waals surface area contributed by atoms with Crippen molar-refractivity contribution in [3.05, 3.63) is 72.0 Å². The van der Waals surface area contributed by atoms with Crippen molar-refractivity contribution < 1.29 is 19.1 Å². The van der Waals surface area contributed by atoms with Crippen LogP contribution in [0.4, 0.5) is 0 Å². The molecule has 5 rings (SSSR count). The molecule has 0 fully saturated rings. The average Bonchev–Trinajstić information content (AvgIpc) is 3.20. The van der Waals surface area contributed by atoms with Gasteiger partial charge in [0, 0.05) is 0 Å². The van der Waals surface area contributed by atoms with Gasteiger partial charge in [-0.25, -0.2) is 0 Å². The van der Waals surface area contributed by atoms with Crippen LogP contribution in [-0.4, -0.2) is 18.5 Å². The van der Waals surface area contributed by atoms with E-state index < -0.39 is 17.9 Å². The summed E-state index contributed by atoms with van der Waals surface area (Å²) in [7, 11) is 0. The summed E-state index contributed by atoms with van der Waals surface area (Å²) in [6, 6.07) is 18.0. The van der Waals surface area contributed by atoms with Gasteiger partial charge < -0.3 is 9.47 Å². The van der Waals surface area contributed by atoms with Crippen molar-refractivity contribution in [2.24, 2.45) is 5.92 Å². The molecule has 148 valence electrons. The summed E-state index contributed by atoms with van der Waals surface area (Å²) >= 11 is 0. The quantitative estimate of drug-likeness (QED) is 0.348. The summed E-state index contributed by atoms with van der Waals surface area (Å²) < 4.78 is 9.02. The van der Waals surface area contributed by atoms with E-state index in [0.717, 1.165) is 0 Å². The first-order valence-electron chi connectivity index (χ1n) is 10.1. The first kappa shape index (κ1) is 19.2. The van der Waals surface area contributed by atoms with Crippen molar-refractivity contribution in [1.29, 1.82) is 0 Å². The molecule has 0 saturated heterocycles. The standard InChI is InChI=1S/C18H16.C7H8O4/c1-3-7-15-13(5-1)9-11-18-16-8-4-2-6-14(16)10-12-17(15)18;1-2-10-6(8)5-3-4-11-7(5)9/h1,3,5,7,9-12H,2,4,6,8H2;3-5H,2H2,1H3. The Balaban J connectivity index is 0.000000161. The Hall–Kier alpha value is -3.14. The topological polar surface area (TPSA) is 52.6 Å². The number of benzene rings is 3. The zero-order chi connectivity index (χ0) is 20.2. The van der Waals surface area contributed by atoms with Crippen LogP contribution < -0.4 is 0 Å². The van der Waals surface area contributed by atoms with Gasteiger partial charge in [-0.2, -0.15) is 0 Å². The highest BCUT2D eigenvalue weighted by molar-refractivity contribution is 6.08. The molecule has 1 heterocycles. The smallest absolute Gasteiger partial charge is 0.329 e. The summed E-state index contributed by atoms with van der Waals surface area (Å²) in [6.07, 6.45) is 7.79. The number of aryl methyl sites for hydroxylation is 2. The number of esters is 2.